The van der Waals surface area contributed by atoms with Gasteiger partial charge in [-0.3, -0.25) is 9.69 Å². The maximum atomic E-state index is 13.5. The quantitative estimate of drug-likeness (QED) is 0.471. The normalized spacial score (nSPS) is 19.7. The summed E-state index contributed by atoms with van der Waals surface area (Å²) in [5, 5.41) is 0. The van der Waals surface area contributed by atoms with Crippen molar-refractivity contribution in [2.24, 2.45) is 5.92 Å². The van der Waals surface area contributed by atoms with Gasteiger partial charge in [-0.2, -0.15) is 13.2 Å². The van der Waals surface area contributed by atoms with Gasteiger partial charge < -0.3 is 14.4 Å². The fourth-order valence-corrected chi connectivity index (χ4v) is 5.80. The summed E-state index contributed by atoms with van der Waals surface area (Å²) in [5.41, 5.74) is 1.69. The number of benzene rings is 2. The van der Waals surface area contributed by atoms with E-state index in [1.54, 1.807) is 11.0 Å². The minimum absolute atomic E-state index is 0.0976. The van der Waals surface area contributed by atoms with E-state index in [0.29, 0.717) is 39.3 Å². The number of para-hydroxylation sites is 3. The number of carbonyl (C=O) groups is 1. The number of piperazine rings is 1. The summed E-state index contributed by atoms with van der Waals surface area (Å²) in [7, 11) is 0. The number of alkyl halides is 3. The molecule has 1 amide bonds. The number of nitrogens with zero attached hydrogens (tertiary/aromatic N) is 5. The molecular weight excluding hydrogens is 479 g/mol. The molecule has 0 spiro atoms. The van der Waals surface area contributed by atoms with Crippen LogP contribution in [-0.4, -0.2) is 64.5 Å². The van der Waals surface area contributed by atoms with Crippen LogP contribution in [0, 0.1) is 5.92 Å². The zero-order valence-corrected chi connectivity index (χ0v) is 21.4. The van der Waals surface area contributed by atoms with Crippen molar-refractivity contribution >= 4 is 22.6 Å². The Morgan fingerprint density at radius 2 is 1.70 bits per heavy atom. The third-order valence-corrected chi connectivity index (χ3v) is 7.55. The first-order chi connectivity index (χ1) is 17.7. The predicted molar refractivity (Wildman–Crippen MR) is 138 cm³/mol. The summed E-state index contributed by atoms with van der Waals surface area (Å²) in [6.07, 6.45) is -2.62. The van der Waals surface area contributed by atoms with E-state index in [0.717, 1.165) is 42.3 Å². The molecule has 9 heteroatoms. The molecule has 0 unspecified atom stereocenters. The summed E-state index contributed by atoms with van der Waals surface area (Å²) < 4.78 is 42.7. The van der Waals surface area contributed by atoms with E-state index in [-0.39, 0.29) is 23.6 Å². The van der Waals surface area contributed by atoms with Crippen LogP contribution in [0.1, 0.15) is 44.1 Å². The van der Waals surface area contributed by atoms with Gasteiger partial charge in [0.05, 0.1) is 29.1 Å². The number of likely N-dealkylation sites (tertiary alicyclic amines) is 1. The Hall–Kier alpha value is -3.07. The largest absolute Gasteiger partial charge is 0.418 e. The zero-order chi connectivity index (χ0) is 26.2. The van der Waals surface area contributed by atoms with E-state index in [9.17, 15) is 18.0 Å². The Balaban J connectivity index is 1.22. The van der Waals surface area contributed by atoms with Crippen LogP contribution >= 0.6 is 0 Å². The number of halogens is 3. The van der Waals surface area contributed by atoms with Crippen LogP contribution in [0.2, 0.25) is 0 Å². The molecule has 198 valence electrons. The van der Waals surface area contributed by atoms with Gasteiger partial charge in [0, 0.05) is 44.5 Å². The lowest BCUT2D eigenvalue weighted by Crippen LogP contribution is -2.52. The first-order valence-electron chi connectivity index (χ1n) is 13.1. The minimum atomic E-state index is -4.40. The van der Waals surface area contributed by atoms with Gasteiger partial charge in [-0.15, -0.1) is 0 Å². The molecule has 6 nitrogen and oxygen atoms in total. The van der Waals surface area contributed by atoms with Crippen LogP contribution in [0.25, 0.3) is 11.0 Å². The highest BCUT2D eigenvalue weighted by Crippen LogP contribution is 2.37. The maximum absolute atomic E-state index is 13.5. The number of imidazole rings is 1. The van der Waals surface area contributed by atoms with Gasteiger partial charge in [0.15, 0.2) is 0 Å². The van der Waals surface area contributed by atoms with Gasteiger partial charge in [-0.25, -0.2) is 4.98 Å². The molecule has 37 heavy (non-hydrogen) atoms. The highest BCUT2D eigenvalue weighted by molar-refractivity contribution is 5.79. The summed E-state index contributed by atoms with van der Waals surface area (Å²) >= 11 is 0. The van der Waals surface area contributed by atoms with Gasteiger partial charge in [0.25, 0.3) is 0 Å². The van der Waals surface area contributed by atoms with E-state index in [1.807, 2.05) is 23.1 Å². The van der Waals surface area contributed by atoms with Gasteiger partial charge in [-0.05, 0) is 57.5 Å². The number of piperidine rings is 1. The van der Waals surface area contributed by atoms with Gasteiger partial charge in [0.1, 0.15) is 5.82 Å². The first kappa shape index (κ1) is 25.6. The lowest BCUT2D eigenvalue weighted by atomic mass is 9.96. The number of amides is 1. The second-order valence-corrected chi connectivity index (χ2v) is 10.4. The second kappa shape index (κ2) is 10.4. The van der Waals surface area contributed by atoms with Crippen LogP contribution in [0.5, 0.6) is 0 Å². The van der Waals surface area contributed by atoms with Crippen LogP contribution in [-0.2, 0) is 17.5 Å². The molecule has 1 aromatic heterocycles. The summed E-state index contributed by atoms with van der Waals surface area (Å²) in [4.78, 5) is 24.2. The SMILES string of the molecule is CC(C)n1c(CN2CCC[C@H](C(=O)N3CCN(c4ccccc4C(F)(F)F)CC3)C2)nc2ccccc21. The van der Waals surface area contributed by atoms with Crippen LogP contribution in [0.3, 0.4) is 0 Å². The third kappa shape index (κ3) is 5.32. The van der Waals surface area contributed by atoms with Crippen molar-refractivity contribution in [3.8, 4) is 0 Å². The monoisotopic (exact) mass is 513 g/mol. The molecule has 2 aliphatic heterocycles. The number of fused-ring (bicyclic) bond motifs is 1. The number of anilines is 1. The molecule has 1 atom stereocenters. The molecule has 0 bridgehead atoms. The fourth-order valence-electron chi connectivity index (χ4n) is 5.80. The van der Waals surface area contributed by atoms with Gasteiger partial charge in [0.2, 0.25) is 5.91 Å². The van der Waals surface area contributed by atoms with Crippen molar-refractivity contribution < 1.29 is 18.0 Å². The minimum Gasteiger partial charge on any atom is -0.367 e. The molecule has 3 heterocycles. The number of hydrogen-bond donors (Lipinski definition) is 0. The molecule has 2 fully saturated rings. The van der Waals surface area contributed by atoms with E-state index < -0.39 is 11.7 Å². The van der Waals surface area contributed by atoms with Crippen molar-refractivity contribution in [2.75, 3.05) is 44.2 Å². The average molecular weight is 514 g/mol. The van der Waals surface area contributed by atoms with Crippen molar-refractivity contribution in [1.29, 1.82) is 0 Å². The Labute approximate surface area is 215 Å². The Morgan fingerprint density at radius 1 is 1.00 bits per heavy atom. The molecule has 0 N–H and O–H groups in total. The van der Waals surface area contributed by atoms with Gasteiger partial charge >= 0.3 is 6.18 Å². The van der Waals surface area contributed by atoms with E-state index in [1.165, 1.54) is 12.1 Å². The van der Waals surface area contributed by atoms with E-state index in [2.05, 4.69) is 29.4 Å². The van der Waals surface area contributed by atoms with Crippen LogP contribution < -0.4 is 4.90 Å². The van der Waals surface area contributed by atoms with Crippen LogP contribution in [0.4, 0.5) is 18.9 Å². The lowest BCUT2D eigenvalue weighted by molar-refractivity contribution is -0.139. The summed E-state index contributed by atoms with van der Waals surface area (Å²) in [6.45, 7) is 8.28. The third-order valence-electron chi connectivity index (χ3n) is 7.55. The first-order valence-corrected chi connectivity index (χ1v) is 13.1. The maximum Gasteiger partial charge on any atom is 0.418 e. The molecule has 5 rings (SSSR count). The Kier molecular flexibility index (Phi) is 7.16. The number of aromatic nitrogens is 2. The predicted octanol–water partition coefficient (Wildman–Crippen LogP) is 5.20. The lowest BCUT2D eigenvalue weighted by Gasteiger charge is -2.40. The molecule has 3 aromatic rings. The molecule has 2 saturated heterocycles. The molecule has 0 radical (unpaired) electrons. The smallest absolute Gasteiger partial charge is 0.367 e. The summed E-state index contributed by atoms with van der Waals surface area (Å²) in [6, 6.07) is 14.1. The molecule has 0 aliphatic carbocycles. The standard InChI is InChI=1S/C28H34F3N5O/c1-20(2)36-25-12-6-4-10-23(25)32-26(36)19-33-13-7-8-21(18-33)27(37)35-16-14-34(15-17-35)24-11-5-3-9-22(24)28(29,30)31/h3-6,9-12,20-21H,7-8,13-19H2,1-2H3/t21-/m0/s1. The van der Waals surface area contributed by atoms with Crippen LogP contribution in [0.15, 0.2) is 48.5 Å². The number of carbonyl (C=O) groups excluding carboxylic acids is 1. The average Bonchev–Trinajstić information content (AvgIpc) is 3.26. The summed E-state index contributed by atoms with van der Waals surface area (Å²) in [5.74, 6) is 1.03. The van der Waals surface area contributed by atoms with Crippen molar-refractivity contribution in [3.63, 3.8) is 0 Å². The van der Waals surface area contributed by atoms with Crippen molar-refractivity contribution in [3.05, 3.63) is 59.9 Å². The topological polar surface area (TPSA) is 44.6 Å². The molecule has 2 aromatic carbocycles. The number of rotatable bonds is 5. The van der Waals surface area contributed by atoms with E-state index >= 15 is 0 Å². The second-order valence-electron chi connectivity index (χ2n) is 10.4. The fraction of sp³-hybridized carbons (Fsp3) is 0.500. The highest BCUT2D eigenvalue weighted by Gasteiger charge is 2.36. The Bertz CT molecular complexity index is 1250. The Morgan fingerprint density at radius 3 is 2.43 bits per heavy atom. The van der Waals surface area contributed by atoms with Crippen molar-refractivity contribution in [2.45, 2.75) is 45.5 Å². The highest BCUT2D eigenvalue weighted by atomic mass is 19.4. The van der Waals surface area contributed by atoms with E-state index in [4.69, 9.17) is 4.98 Å². The molecular formula is C28H34F3N5O. The number of hydrogen-bond acceptors (Lipinski definition) is 4. The van der Waals surface area contributed by atoms with Crippen molar-refractivity contribution in [1.82, 2.24) is 19.4 Å². The molecule has 0 saturated carbocycles. The van der Waals surface area contributed by atoms with Gasteiger partial charge in [-0.1, -0.05) is 24.3 Å². The zero-order valence-electron chi connectivity index (χ0n) is 21.4. The molecule has 2 aliphatic rings.